The summed E-state index contributed by atoms with van der Waals surface area (Å²) >= 11 is 5.84. The van der Waals surface area contributed by atoms with Gasteiger partial charge in [0.1, 0.15) is 6.07 Å². The van der Waals surface area contributed by atoms with Crippen LogP contribution in [0.5, 0.6) is 0 Å². The molecule has 2 aromatic rings. The maximum atomic E-state index is 9.03. The van der Waals surface area contributed by atoms with Crippen molar-refractivity contribution in [2.45, 2.75) is 6.92 Å². The Hall–Kier alpha value is -1.98. The lowest BCUT2D eigenvalue weighted by molar-refractivity contribution is 1.43. The minimum atomic E-state index is 0.541. The van der Waals surface area contributed by atoms with Crippen LogP contribution in [0, 0.1) is 18.3 Å². The third-order valence-corrected chi connectivity index (χ3v) is 2.63. The van der Waals surface area contributed by atoms with Gasteiger partial charge in [0.2, 0.25) is 0 Å². The molecule has 0 saturated heterocycles. The molecule has 0 heterocycles. The Labute approximate surface area is 105 Å². The first-order valence-corrected chi connectivity index (χ1v) is 5.60. The average molecular weight is 243 g/mol. The van der Waals surface area contributed by atoms with E-state index in [0.717, 1.165) is 11.4 Å². The van der Waals surface area contributed by atoms with Crippen LogP contribution in [0.2, 0.25) is 5.02 Å². The molecule has 17 heavy (non-hydrogen) atoms. The van der Waals surface area contributed by atoms with E-state index in [-0.39, 0.29) is 0 Å². The number of nitrogens with zero attached hydrogens (tertiary/aromatic N) is 1. The van der Waals surface area contributed by atoms with Gasteiger partial charge in [-0.1, -0.05) is 23.7 Å². The molecule has 2 nitrogen and oxygen atoms in total. The van der Waals surface area contributed by atoms with Crippen LogP contribution in [0.3, 0.4) is 0 Å². The Morgan fingerprint density at radius 3 is 2.71 bits per heavy atom. The van der Waals surface area contributed by atoms with Crippen molar-refractivity contribution >= 4 is 23.0 Å². The van der Waals surface area contributed by atoms with E-state index in [2.05, 4.69) is 11.4 Å². The monoisotopic (exact) mass is 242 g/mol. The maximum Gasteiger partial charge on any atom is 0.101 e. The lowest BCUT2D eigenvalue weighted by Gasteiger charge is -2.09. The highest BCUT2D eigenvalue weighted by atomic mass is 35.5. The number of aryl methyl sites for hydroxylation is 1. The standard InChI is InChI=1S/C14H11ClN2/c1-10-3-2-4-13(7-10)17-14-6-5-12(15)8-11(14)9-16/h2-8,17H,1H3. The van der Waals surface area contributed by atoms with Crippen molar-refractivity contribution in [2.24, 2.45) is 0 Å². The minimum Gasteiger partial charge on any atom is -0.354 e. The number of anilines is 2. The zero-order chi connectivity index (χ0) is 12.3. The van der Waals surface area contributed by atoms with Gasteiger partial charge in [-0.05, 0) is 42.8 Å². The van der Waals surface area contributed by atoms with Gasteiger partial charge in [0.05, 0.1) is 11.3 Å². The largest absolute Gasteiger partial charge is 0.354 e. The van der Waals surface area contributed by atoms with Crippen molar-refractivity contribution in [1.82, 2.24) is 0 Å². The Morgan fingerprint density at radius 2 is 2.00 bits per heavy atom. The second kappa shape index (κ2) is 4.90. The fraction of sp³-hybridized carbons (Fsp3) is 0.0714. The Morgan fingerprint density at radius 1 is 1.18 bits per heavy atom. The van der Waals surface area contributed by atoms with E-state index in [9.17, 15) is 0 Å². The van der Waals surface area contributed by atoms with Gasteiger partial charge in [0.15, 0.2) is 0 Å². The van der Waals surface area contributed by atoms with Gasteiger partial charge < -0.3 is 5.32 Å². The molecule has 0 amide bonds. The predicted molar refractivity (Wildman–Crippen MR) is 70.6 cm³/mol. The molecule has 0 fully saturated rings. The summed E-state index contributed by atoms with van der Waals surface area (Å²) in [5.41, 5.74) is 3.44. The smallest absolute Gasteiger partial charge is 0.101 e. The van der Waals surface area contributed by atoms with Crippen LogP contribution in [-0.4, -0.2) is 0 Å². The highest BCUT2D eigenvalue weighted by molar-refractivity contribution is 6.30. The van der Waals surface area contributed by atoms with Crippen LogP contribution in [0.4, 0.5) is 11.4 Å². The maximum absolute atomic E-state index is 9.03. The van der Waals surface area contributed by atoms with E-state index in [1.165, 1.54) is 5.56 Å². The summed E-state index contributed by atoms with van der Waals surface area (Å²) in [4.78, 5) is 0. The van der Waals surface area contributed by atoms with E-state index >= 15 is 0 Å². The summed E-state index contributed by atoms with van der Waals surface area (Å²) in [6.07, 6.45) is 0. The van der Waals surface area contributed by atoms with Crippen LogP contribution >= 0.6 is 11.6 Å². The van der Waals surface area contributed by atoms with Crippen molar-refractivity contribution in [2.75, 3.05) is 5.32 Å². The van der Waals surface area contributed by atoms with Crippen LogP contribution in [-0.2, 0) is 0 Å². The minimum absolute atomic E-state index is 0.541. The first-order valence-electron chi connectivity index (χ1n) is 5.22. The van der Waals surface area contributed by atoms with Crippen LogP contribution < -0.4 is 5.32 Å². The molecule has 0 aliphatic carbocycles. The summed E-state index contributed by atoms with van der Waals surface area (Å²) in [6, 6.07) is 15.3. The van der Waals surface area contributed by atoms with E-state index in [4.69, 9.17) is 16.9 Å². The summed E-state index contributed by atoms with van der Waals surface area (Å²) in [7, 11) is 0. The number of benzene rings is 2. The van der Waals surface area contributed by atoms with E-state index in [1.54, 1.807) is 12.1 Å². The fourth-order valence-electron chi connectivity index (χ4n) is 1.60. The SMILES string of the molecule is Cc1cccc(Nc2ccc(Cl)cc2C#N)c1. The molecule has 2 aromatic carbocycles. The van der Waals surface area contributed by atoms with Crippen LogP contribution in [0.1, 0.15) is 11.1 Å². The van der Waals surface area contributed by atoms with Gasteiger partial charge >= 0.3 is 0 Å². The molecular formula is C14H11ClN2. The van der Waals surface area contributed by atoms with Crippen molar-refractivity contribution < 1.29 is 0 Å². The third kappa shape index (κ3) is 2.77. The number of rotatable bonds is 2. The Bertz CT molecular complexity index is 585. The first-order chi connectivity index (χ1) is 8.19. The molecule has 84 valence electrons. The molecule has 0 saturated carbocycles. The fourth-order valence-corrected chi connectivity index (χ4v) is 1.77. The molecule has 0 aliphatic rings. The van der Waals surface area contributed by atoms with E-state index in [1.807, 2.05) is 37.3 Å². The predicted octanol–water partition coefficient (Wildman–Crippen LogP) is 4.26. The molecule has 3 heteroatoms. The van der Waals surface area contributed by atoms with Gasteiger partial charge in [-0.25, -0.2) is 0 Å². The topological polar surface area (TPSA) is 35.8 Å². The molecule has 0 unspecified atom stereocenters. The number of hydrogen-bond acceptors (Lipinski definition) is 2. The Balaban J connectivity index is 2.34. The lowest BCUT2D eigenvalue weighted by atomic mass is 10.1. The van der Waals surface area contributed by atoms with Gasteiger partial charge in [0, 0.05) is 10.7 Å². The van der Waals surface area contributed by atoms with Gasteiger partial charge in [-0.3, -0.25) is 0 Å². The van der Waals surface area contributed by atoms with Crippen molar-refractivity contribution in [3.8, 4) is 6.07 Å². The summed E-state index contributed by atoms with van der Waals surface area (Å²) < 4.78 is 0. The molecule has 0 atom stereocenters. The van der Waals surface area contributed by atoms with Crippen LogP contribution in [0.25, 0.3) is 0 Å². The number of nitriles is 1. The second-order valence-corrected chi connectivity index (χ2v) is 4.23. The highest BCUT2D eigenvalue weighted by Crippen LogP contribution is 2.24. The number of hydrogen-bond donors (Lipinski definition) is 1. The van der Waals surface area contributed by atoms with E-state index < -0.39 is 0 Å². The molecule has 2 rings (SSSR count). The molecule has 0 spiro atoms. The van der Waals surface area contributed by atoms with Crippen molar-refractivity contribution in [3.63, 3.8) is 0 Å². The van der Waals surface area contributed by atoms with Crippen LogP contribution in [0.15, 0.2) is 42.5 Å². The molecular weight excluding hydrogens is 232 g/mol. The zero-order valence-electron chi connectivity index (χ0n) is 9.37. The summed E-state index contributed by atoms with van der Waals surface area (Å²) in [5.74, 6) is 0. The first kappa shape index (κ1) is 11.5. The van der Waals surface area contributed by atoms with Crippen molar-refractivity contribution in [1.29, 1.82) is 5.26 Å². The second-order valence-electron chi connectivity index (χ2n) is 3.80. The number of nitrogens with one attached hydrogen (secondary N) is 1. The molecule has 0 aromatic heterocycles. The number of halogens is 1. The molecule has 0 radical (unpaired) electrons. The van der Waals surface area contributed by atoms with E-state index in [0.29, 0.717) is 10.6 Å². The quantitative estimate of drug-likeness (QED) is 0.854. The van der Waals surface area contributed by atoms with Gasteiger partial charge in [0.25, 0.3) is 0 Å². The average Bonchev–Trinajstić information content (AvgIpc) is 2.31. The van der Waals surface area contributed by atoms with Gasteiger partial charge in [-0.2, -0.15) is 5.26 Å². The van der Waals surface area contributed by atoms with Gasteiger partial charge in [-0.15, -0.1) is 0 Å². The lowest BCUT2D eigenvalue weighted by Crippen LogP contribution is -1.93. The third-order valence-electron chi connectivity index (χ3n) is 2.40. The van der Waals surface area contributed by atoms with Crippen molar-refractivity contribution in [3.05, 3.63) is 58.6 Å². The zero-order valence-corrected chi connectivity index (χ0v) is 10.1. The Kier molecular flexibility index (Phi) is 3.32. The normalized spacial score (nSPS) is 9.71. The highest BCUT2D eigenvalue weighted by Gasteiger charge is 2.03. The summed E-state index contributed by atoms with van der Waals surface area (Å²) in [6.45, 7) is 2.03. The molecule has 0 aliphatic heterocycles. The molecule has 0 bridgehead atoms. The molecule has 1 N–H and O–H groups in total. The summed E-state index contributed by atoms with van der Waals surface area (Å²) in [5, 5.41) is 12.8.